The van der Waals surface area contributed by atoms with E-state index in [1.54, 1.807) is 0 Å². The maximum Gasteiger partial charge on any atom is 0.0914 e. The van der Waals surface area contributed by atoms with Crippen LogP contribution in [0.4, 0.5) is 0 Å². The van der Waals surface area contributed by atoms with E-state index in [1.165, 1.54) is 0 Å². The molecule has 1 aromatic heterocycles. The second-order valence-electron chi connectivity index (χ2n) is 5.14. The van der Waals surface area contributed by atoms with E-state index >= 15 is 0 Å². The Morgan fingerprint density at radius 1 is 1.26 bits per heavy atom. The van der Waals surface area contributed by atoms with Gasteiger partial charge in [-0.25, -0.2) is 0 Å². The summed E-state index contributed by atoms with van der Waals surface area (Å²) in [5.74, 6) is 0. The summed E-state index contributed by atoms with van der Waals surface area (Å²) < 4.78 is 8.08. The molecule has 1 heterocycles. The molecular formula is C15H29N3O. The Labute approximate surface area is 117 Å². The first-order valence-electron chi connectivity index (χ1n) is 7.52. The topological polar surface area (TPSA) is 53.1 Å². The Balaban J connectivity index is 2.63. The largest absolute Gasteiger partial charge is 0.367 e. The predicted molar refractivity (Wildman–Crippen MR) is 79.0 cm³/mol. The van der Waals surface area contributed by atoms with E-state index < -0.39 is 0 Å². The van der Waals surface area contributed by atoms with Gasteiger partial charge in [0.2, 0.25) is 0 Å². The van der Waals surface area contributed by atoms with Crippen LogP contribution >= 0.6 is 0 Å². The second kappa shape index (κ2) is 7.65. The van der Waals surface area contributed by atoms with Gasteiger partial charge in [0.05, 0.1) is 23.9 Å². The van der Waals surface area contributed by atoms with Gasteiger partial charge in [-0.3, -0.25) is 4.68 Å². The van der Waals surface area contributed by atoms with Gasteiger partial charge in [0, 0.05) is 12.7 Å². The lowest BCUT2D eigenvalue weighted by Crippen LogP contribution is -2.39. The summed E-state index contributed by atoms with van der Waals surface area (Å²) in [7, 11) is 0. The molecule has 1 aromatic rings. The molecule has 4 nitrogen and oxygen atoms in total. The molecular weight excluding hydrogens is 238 g/mol. The molecule has 0 aliphatic rings. The lowest BCUT2D eigenvalue weighted by atomic mass is 9.97. The summed E-state index contributed by atoms with van der Waals surface area (Å²) in [5.41, 5.74) is 6.64. The minimum atomic E-state index is -0.196. The highest BCUT2D eigenvalue weighted by Gasteiger charge is 2.25. The van der Waals surface area contributed by atoms with Crippen molar-refractivity contribution in [1.29, 1.82) is 0 Å². The summed E-state index contributed by atoms with van der Waals surface area (Å²) in [6.45, 7) is 9.75. The van der Waals surface area contributed by atoms with Gasteiger partial charge in [-0.15, -0.1) is 0 Å². The highest BCUT2D eigenvalue weighted by Crippen LogP contribution is 2.21. The molecule has 1 rings (SSSR count). The van der Waals surface area contributed by atoms with Gasteiger partial charge in [-0.1, -0.05) is 27.7 Å². The molecule has 0 atom stereocenters. The summed E-state index contributed by atoms with van der Waals surface area (Å²) >= 11 is 0. The van der Waals surface area contributed by atoms with E-state index in [0.717, 1.165) is 31.4 Å². The molecule has 2 N–H and O–H groups in total. The Morgan fingerprint density at radius 2 is 1.89 bits per heavy atom. The molecule has 0 fully saturated rings. The molecule has 0 radical (unpaired) electrons. The maximum atomic E-state index is 6.02. The first-order valence-corrected chi connectivity index (χ1v) is 7.52. The maximum absolute atomic E-state index is 6.02. The van der Waals surface area contributed by atoms with Crippen molar-refractivity contribution in [3.8, 4) is 0 Å². The van der Waals surface area contributed by atoms with E-state index in [1.807, 2.05) is 6.07 Å². The molecule has 0 saturated carbocycles. The summed E-state index contributed by atoms with van der Waals surface area (Å²) in [5, 5.41) is 4.61. The van der Waals surface area contributed by atoms with Crippen LogP contribution in [0, 0.1) is 0 Å². The Morgan fingerprint density at radius 3 is 2.37 bits per heavy atom. The quantitative estimate of drug-likeness (QED) is 0.747. The zero-order valence-corrected chi connectivity index (χ0v) is 12.9. The van der Waals surface area contributed by atoms with Crippen LogP contribution in [-0.2, 0) is 11.3 Å². The average Bonchev–Trinajstić information content (AvgIpc) is 2.91. The number of rotatable bonds is 9. The van der Waals surface area contributed by atoms with Crippen molar-refractivity contribution in [1.82, 2.24) is 9.78 Å². The normalized spacial score (nSPS) is 12.3. The third-order valence-electron chi connectivity index (χ3n) is 4.17. The van der Waals surface area contributed by atoms with Gasteiger partial charge in [-0.05, 0) is 31.7 Å². The number of hydrogen-bond acceptors (Lipinski definition) is 3. The predicted octanol–water partition coefficient (Wildman–Crippen LogP) is 3.28. The van der Waals surface area contributed by atoms with Crippen LogP contribution in [0.5, 0.6) is 0 Å². The van der Waals surface area contributed by atoms with Crippen LogP contribution in [0.2, 0.25) is 0 Å². The lowest BCUT2D eigenvalue weighted by molar-refractivity contribution is -0.0567. The van der Waals surface area contributed by atoms with Crippen LogP contribution in [0.3, 0.4) is 0 Å². The molecule has 0 unspecified atom stereocenters. The standard InChI is InChI=1S/C15H29N3O/c1-5-14(6-2)18-10-9-13(17-18)11-19-15(7-3,8-4)12-16/h9-10,14H,5-8,11-12,16H2,1-4H3. The van der Waals surface area contributed by atoms with E-state index in [-0.39, 0.29) is 5.60 Å². The van der Waals surface area contributed by atoms with Gasteiger partial charge < -0.3 is 10.5 Å². The SMILES string of the molecule is CCC(CC)n1ccc(COC(CC)(CC)CN)n1. The first-order chi connectivity index (χ1) is 9.14. The molecule has 4 heteroatoms. The third kappa shape index (κ3) is 4.05. The van der Waals surface area contributed by atoms with Gasteiger partial charge in [-0.2, -0.15) is 5.10 Å². The Kier molecular flexibility index (Phi) is 6.52. The van der Waals surface area contributed by atoms with Crippen molar-refractivity contribution in [3.05, 3.63) is 18.0 Å². The monoisotopic (exact) mass is 267 g/mol. The van der Waals surface area contributed by atoms with E-state index in [0.29, 0.717) is 19.2 Å². The van der Waals surface area contributed by atoms with Gasteiger partial charge in [0.1, 0.15) is 0 Å². The highest BCUT2D eigenvalue weighted by atomic mass is 16.5. The fourth-order valence-electron chi connectivity index (χ4n) is 2.35. The van der Waals surface area contributed by atoms with Gasteiger partial charge >= 0.3 is 0 Å². The molecule has 0 aliphatic heterocycles. The van der Waals surface area contributed by atoms with Crippen molar-refractivity contribution in [2.75, 3.05) is 6.54 Å². The van der Waals surface area contributed by atoms with Crippen LogP contribution in [0.15, 0.2) is 12.3 Å². The Bertz CT molecular complexity index is 346. The first kappa shape index (κ1) is 16.2. The van der Waals surface area contributed by atoms with Crippen LogP contribution in [0.1, 0.15) is 65.1 Å². The van der Waals surface area contributed by atoms with E-state index in [2.05, 4.69) is 43.7 Å². The van der Waals surface area contributed by atoms with Crippen molar-refractivity contribution < 1.29 is 4.74 Å². The number of nitrogens with two attached hydrogens (primary N) is 1. The van der Waals surface area contributed by atoms with Crippen molar-refractivity contribution in [2.24, 2.45) is 5.73 Å². The van der Waals surface area contributed by atoms with E-state index in [4.69, 9.17) is 10.5 Å². The summed E-state index contributed by atoms with van der Waals surface area (Å²) in [6, 6.07) is 2.54. The van der Waals surface area contributed by atoms with E-state index in [9.17, 15) is 0 Å². The Hall–Kier alpha value is -0.870. The fraction of sp³-hybridized carbons (Fsp3) is 0.800. The molecule has 0 saturated heterocycles. The summed E-state index contributed by atoms with van der Waals surface area (Å²) in [6.07, 6.45) is 6.14. The van der Waals surface area contributed by atoms with Crippen molar-refractivity contribution in [2.45, 2.75) is 71.6 Å². The number of ether oxygens (including phenoxy) is 1. The minimum absolute atomic E-state index is 0.196. The molecule has 0 aromatic carbocycles. The molecule has 110 valence electrons. The second-order valence-corrected chi connectivity index (χ2v) is 5.14. The van der Waals surface area contributed by atoms with Gasteiger partial charge in [0.15, 0.2) is 0 Å². The molecule has 0 amide bonds. The van der Waals surface area contributed by atoms with Crippen LogP contribution < -0.4 is 5.73 Å². The van der Waals surface area contributed by atoms with Crippen molar-refractivity contribution >= 4 is 0 Å². The number of aromatic nitrogens is 2. The number of nitrogens with zero attached hydrogens (tertiary/aromatic N) is 2. The van der Waals surface area contributed by atoms with Crippen LogP contribution in [-0.4, -0.2) is 21.9 Å². The zero-order valence-electron chi connectivity index (χ0n) is 12.9. The average molecular weight is 267 g/mol. The lowest BCUT2D eigenvalue weighted by Gasteiger charge is -2.30. The summed E-state index contributed by atoms with van der Waals surface area (Å²) in [4.78, 5) is 0. The third-order valence-corrected chi connectivity index (χ3v) is 4.17. The molecule has 19 heavy (non-hydrogen) atoms. The molecule has 0 aliphatic carbocycles. The molecule has 0 spiro atoms. The smallest absolute Gasteiger partial charge is 0.0914 e. The van der Waals surface area contributed by atoms with Crippen LogP contribution in [0.25, 0.3) is 0 Å². The van der Waals surface area contributed by atoms with Gasteiger partial charge in [0.25, 0.3) is 0 Å². The highest BCUT2D eigenvalue weighted by molar-refractivity contribution is 4.99. The number of hydrogen-bond donors (Lipinski definition) is 1. The fourth-order valence-corrected chi connectivity index (χ4v) is 2.35. The minimum Gasteiger partial charge on any atom is -0.367 e. The van der Waals surface area contributed by atoms with Crippen molar-refractivity contribution in [3.63, 3.8) is 0 Å². The zero-order chi connectivity index (χ0) is 14.3. The molecule has 0 bridgehead atoms.